The predicted octanol–water partition coefficient (Wildman–Crippen LogP) is 0.0467. The largest absolute Gasteiger partial charge is 0.452 e. The second-order valence-electron chi connectivity index (χ2n) is 5.25. The van der Waals surface area contributed by atoms with Crippen molar-refractivity contribution in [2.45, 2.75) is 23.8 Å². The normalized spacial score (nSPS) is 17.5. The number of carbonyl (C=O) groups excluding carboxylic acids is 2. The van der Waals surface area contributed by atoms with E-state index < -0.39 is 28.5 Å². The van der Waals surface area contributed by atoms with Crippen molar-refractivity contribution < 1.29 is 27.5 Å². The van der Waals surface area contributed by atoms with E-state index in [0.29, 0.717) is 13.2 Å². The minimum absolute atomic E-state index is 0.00748. The van der Waals surface area contributed by atoms with Gasteiger partial charge in [-0.05, 0) is 38.1 Å². The summed E-state index contributed by atoms with van der Waals surface area (Å²) in [7, 11) is -2.38. The molecule has 1 aliphatic rings. The zero-order valence-electron chi connectivity index (χ0n) is 13.3. The zero-order chi connectivity index (χ0) is 17.6. The molecule has 1 saturated heterocycles. The lowest BCUT2D eigenvalue weighted by Crippen LogP contribution is -2.34. The molecule has 2 N–H and O–H groups in total. The van der Waals surface area contributed by atoms with Gasteiger partial charge in [0.05, 0.1) is 16.6 Å². The van der Waals surface area contributed by atoms with Crippen LogP contribution in [0.2, 0.25) is 0 Å². The Bertz CT molecular complexity index is 698. The standard InChI is InChI=1S/C15H20N2O6S/c1-16-24(20,21)13-6-2-4-11(8-13)15(19)23-10-14(18)17-9-12-5-3-7-22-12/h2,4,6,8,12,16H,3,5,7,9-10H2,1H3,(H,17,18)/t12-/m1/s1. The molecule has 1 amide bonds. The number of carbonyl (C=O) groups is 2. The molecule has 1 heterocycles. The second kappa shape index (κ2) is 8.22. The van der Waals surface area contributed by atoms with E-state index in [-0.39, 0.29) is 16.6 Å². The second-order valence-corrected chi connectivity index (χ2v) is 7.14. The number of rotatable bonds is 7. The Morgan fingerprint density at radius 2 is 2.17 bits per heavy atom. The van der Waals surface area contributed by atoms with Gasteiger partial charge in [0.1, 0.15) is 0 Å². The summed E-state index contributed by atoms with van der Waals surface area (Å²) in [5.41, 5.74) is 0.0539. The molecule has 0 aliphatic carbocycles. The van der Waals surface area contributed by atoms with Crippen LogP contribution in [-0.2, 0) is 24.3 Å². The van der Waals surface area contributed by atoms with Gasteiger partial charge in [-0.3, -0.25) is 4.79 Å². The highest BCUT2D eigenvalue weighted by Crippen LogP contribution is 2.12. The lowest BCUT2D eigenvalue weighted by atomic mass is 10.2. The summed E-state index contributed by atoms with van der Waals surface area (Å²) in [6.45, 7) is 0.641. The van der Waals surface area contributed by atoms with E-state index >= 15 is 0 Å². The van der Waals surface area contributed by atoms with Gasteiger partial charge in [0.15, 0.2) is 6.61 Å². The topological polar surface area (TPSA) is 111 Å². The summed E-state index contributed by atoms with van der Waals surface area (Å²) in [6.07, 6.45) is 1.88. The molecule has 0 radical (unpaired) electrons. The van der Waals surface area contributed by atoms with Gasteiger partial charge < -0.3 is 14.8 Å². The van der Waals surface area contributed by atoms with Gasteiger partial charge in [-0.15, -0.1) is 0 Å². The van der Waals surface area contributed by atoms with Crippen molar-refractivity contribution in [1.82, 2.24) is 10.0 Å². The maximum Gasteiger partial charge on any atom is 0.338 e. The monoisotopic (exact) mass is 356 g/mol. The minimum Gasteiger partial charge on any atom is -0.452 e. The maximum absolute atomic E-state index is 11.9. The van der Waals surface area contributed by atoms with Crippen molar-refractivity contribution in [1.29, 1.82) is 0 Å². The molecule has 1 aromatic carbocycles. The first-order chi connectivity index (χ1) is 11.4. The molecular weight excluding hydrogens is 336 g/mol. The molecule has 9 heteroatoms. The zero-order valence-corrected chi connectivity index (χ0v) is 14.1. The van der Waals surface area contributed by atoms with E-state index in [1.807, 2.05) is 0 Å². The van der Waals surface area contributed by atoms with E-state index in [0.717, 1.165) is 12.8 Å². The highest BCUT2D eigenvalue weighted by Gasteiger charge is 2.18. The van der Waals surface area contributed by atoms with Crippen molar-refractivity contribution in [2.75, 3.05) is 26.8 Å². The minimum atomic E-state index is -3.65. The molecule has 0 aromatic heterocycles. The lowest BCUT2D eigenvalue weighted by Gasteiger charge is -2.11. The highest BCUT2D eigenvalue weighted by atomic mass is 32.2. The number of hydrogen-bond donors (Lipinski definition) is 2. The van der Waals surface area contributed by atoms with E-state index in [2.05, 4.69) is 10.0 Å². The molecule has 1 aliphatic heterocycles. The number of ether oxygens (including phenoxy) is 2. The highest BCUT2D eigenvalue weighted by molar-refractivity contribution is 7.89. The average Bonchev–Trinajstić information content (AvgIpc) is 3.11. The van der Waals surface area contributed by atoms with Crippen LogP contribution in [0.3, 0.4) is 0 Å². The molecule has 1 atom stereocenters. The van der Waals surface area contributed by atoms with E-state index in [1.165, 1.54) is 31.3 Å². The summed E-state index contributed by atoms with van der Waals surface area (Å²) in [6, 6.07) is 5.40. The number of esters is 1. The molecular formula is C15H20N2O6S. The Hall–Kier alpha value is -1.97. The average molecular weight is 356 g/mol. The Morgan fingerprint density at radius 3 is 2.83 bits per heavy atom. The van der Waals surface area contributed by atoms with Gasteiger partial charge in [0.25, 0.3) is 5.91 Å². The SMILES string of the molecule is CNS(=O)(=O)c1cccc(C(=O)OCC(=O)NC[C@H]2CCCO2)c1. The smallest absolute Gasteiger partial charge is 0.338 e. The molecule has 0 spiro atoms. The third-order valence-electron chi connectivity index (χ3n) is 3.53. The summed E-state index contributed by atoms with van der Waals surface area (Å²) in [4.78, 5) is 23.5. The molecule has 1 aromatic rings. The fourth-order valence-electron chi connectivity index (χ4n) is 2.21. The molecule has 8 nitrogen and oxygen atoms in total. The van der Waals surface area contributed by atoms with E-state index in [4.69, 9.17) is 9.47 Å². The van der Waals surface area contributed by atoms with Crippen LogP contribution in [0.4, 0.5) is 0 Å². The van der Waals surface area contributed by atoms with Crippen LogP contribution in [0.15, 0.2) is 29.2 Å². The third kappa shape index (κ3) is 5.02. The molecule has 0 unspecified atom stereocenters. The summed E-state index contributed by atoms with van der Waals surface area (Å²) < 4.78 is 35.9. The van der Waals surface area contributed by atoms with Crippen molar-refractivity contribution in [3.63, 3.8) is 0 Å². The summed E-state index contributed by atoms with van der Waals surface area (Å²) in [5, 5.41) is 2.63. The summed E-state index contributed by atoms with van der Waals surface area (Å²) >= 11 is 0. The molecule has 1 fully saturated rings. The van der Waals surface area contributed by atoms with E-state index in [1.54, 1.807) is 0 Å². The Kier molecular flexibility index (Phi) is 6.29. The number of hydrogen-bond acceptors (Lipinski definition) is 6. The van der Waals surface area contributed by atoms with Gasteiger partial charge >= 0.3 is 5.97 Å². The molecule has 132 valence electrons. The van der Waals surface area contributed by atoms with Gasteiger partial charge in [-0.1, -0.05) is 6.07 Å². The Morgan fingerprint density at radius 1 is 1.38 bits per heavy atom. The van der Waals surface area contributed by atoms with Crippen molar-refractivity contribution in [2.24, 2.45) is 0 Å². The van der Waals surface area contributed by atoms with Crippen LogP contribution in [0.1, 0.15) is 23.2 Å². The van der Waals surface area contributed by atoms with Crippen molar-refractivity contribution in [3.8, 4) is 0 Å². The molecule has 2 rings (SSSR count). The van der Waals surface area contributed by atoms with Gasteiger partial charge in [-0.25, -0.2) is 17.9 Å². The fourth-order valence-corrected chi connectivity index (χ4v) is 2.98. The van der Waals surface area contributed by atoms with Crippen molar-refractivity contribution in [3.05, 3.63) is 29.8 Å². The Labute approximate surface area is 140 Å². The molecule has 24 heavy (non-hydrogen) atoms. The quantitative estimate of drug-likeness (QED) is 0.668. The first-order valence-electron chi connectivity index (χ1n) is 7.51. The predicted molar refractivity (Wildman–Crippen MR) is 85.0 cm³/mol. The van der Waals surface area contributed by atoms with Gasteiger partial charge in [0, 0.05) is 13.2 Å². The van der Waals surface area contributed by atoms with Crippen LogP contribution in [0.25, 0.3) is 0 Å². The fraction of sp³-hybridized carbons (Fsp3) is 0.467. The van der Waals surface area contributed by atoms with E-state index in [9.17, 15) is 18.0 Å². The molecule has 0 bridgehead atoms. The third-order valence-corrected chi connectivity index (χ3v) is 4.95. The van der Waals surface area contributed by atoms with Crippen LogP contribution in [0.5, 0.6) is 0 Å². The number of nitrogens with one attached hydrogen (secondary N) is 2. The van der Waals surface area contributed by atoms with Crippen LogP contribution in [-0.4, -0.2) is 53.2 Å². The first kappa shape index (κ1) is 18.4. The van der Waals surface area contributed by atoms with Crippen LogP contribution >= 0.6 is 0 Å². The summed E-state index contributed by atoms with van der Waals surface area (Å²) in [5.74, 6) is -1.20. The van der Waals surface area contributed by atoms with Crippen LogP contribution in [0, 0.1) is 0 Å². The van der Waals surface area contributed by atoms with Crippen molar-refractivity contribution >= 4 is 21.9 Å². The lowest BCUT2D eigenvalue weighted by molar-refractivity contribution is -0.124. The van der Waals surface area contributed by atoms with Gasteiger partial charge in [-0.2, -0.15) is 0 Å². The number of sulfonamides is 1. The van der Waals surface area contributed by atoms with Crippen LogP contribution < -0.4 is 10.0 Å². The molecule has 0 saturated carbocycles. The first-order valence-corrected chi connectivity index (χ1v) is 9.00. The maximum atomic E-state index is 11.9. The number of amides is 1. The Balaban J connectivity index is 1.85. The van der Waals surface area contributed by atoms with Gasteiger partial charge in [0.2, 0.25) is 10.0 Å². The number of benzene rings is 1.